The lowest BCUT2D eigenvalue weighted by molar-refractivity contribution is 0.0946. The number of hydrogen-bond donors (Lipinski definition) is 1. The van der Waals surface area contributed by atoms with Crippen LogP contribution in [-0.2, 0) is 5.41 Å². The first-order chi connectivity index (χ1) is 10.7. The maximum atomic E-state index is 13.0. The molecule has 1 aliphatic carbocycles. The smallest absolute Gasteiger partial charge is 0.174 e. The van der Waals surface area contributed by atoms with Crippen molar-refractivity contribution in [3.63, 3.8) is 0 Å². The van der Waals surface area contributed by atoms with Crippen LogP contribution in [0.5, 0.6) is 5.75 Å². The van der Waals surface area contributed by atoms with Gasteiger partial charge in [0.15, 0.2) is 5.78 Å². The molecule has 22 heavy (non-hydrogen) atoms. The van der Waals surface area contributed by atoms with Gasteiger partial charge in [-0.3, -0.25) is 9.78 Å². The Bertz CT molecular complexity index is 864. The molecule has 1 heterocycles. The molecule has 0 spiro atoms. The Labute approximate surface area is 128 Å². The van der Waals surface area contributed by atoms with E-state index in [2.05, 4.69) is 4.98 Å². The first-order valence-corrected chi connectivity index (χ1v) is 7.38. The van der Waals surface area contributed by atoms with Gasteiger partial charge in [0.05, 0.1) is 10.9 Å². The molecular formula is C19H15NO2. The first-order valence-electron chi connectivity index (χ1n) is 7.38. The number of carbonyl (C=O) groups is 1. The third kappa shape index (κ3) is 1.98. The van der Waals surface area contributed by atoms with Gasteiger partial charge in [0, 0.05) is 17.1 Å². The normalized spacial score (nSPS) is 15.6. The summed E-state index contributed by atoms with van der Waals surface area (Å²) in [5, 5.41) is 10.4. The molecule has 2 aromatic carbocycles. The minimum atomic E-state index is -0.433. The molecule has 0 radical (unpaired) electrons. The van der Waals surface area contributed by atoms with Gasteiger partial charge in [-0.1, -0.05) is 30.3 Å². The first kappa shape index (κ1) is 13.0. The fourth-order valence-electron chi connectivity index (χ4n) is 3.02. The van der Waals surface area contributed by atoms with Crippen molar-refractivity contribution in [1.82, 2.24) is 4.98 Å². The van der Waals surface area contributed by atoms with E-state index in [1.807, 2.05) is 42.5 Å². The summed E-state index contributed by atoms with van der Waals surface area (Å²) in [6.45, 7) is 0. The lowest BCUT2D eigenvalue weighted by atomic mass is 9.87. The molecule has 0 atom stereocenters. The van der Waals surface area contributed by atoms with Gasteiger partial charge in [-0.25, -0.2) is 0 Å². The number of fused-ring (bicyclic) bond motifs is 1. The predicted octanol–water partition coefficient (Wildman–Crippen LogP) is 3.85. The van der Waals surface area contributed by atoms with Crippen molar-refractivity contribution in [2.45, 2.75) is 18.3 Å². The minimum Gasteiger partial charge on any atom is -0.508 e. The number of pyridine rings is 1. The molecule has 3 nitrogen and oxygen atoms in total. The number of phenolic OH excluding ortho intramolecular Hbond substituents is 1. The molecule has 0 unspecified atom stereocenters. The fourth-order valence-corrected chi connectivity index (χ4v) is 3.02. The van der Waals surface area contributed by atoms with Crippen molar-refractivity contribution in [3.05, 3.63) is 71.9 Å². The van der Waals surface area contributed by atoms with Crippen LogP contribution in [0.1, 0.15) is 28.8 Å². The minimum absolute atomic E-state index is 0.122. The summed E-state index contributed by atoms with van der Waals surface area (Å²) in [5.41, 5.74) is 2.10. The van der Waals surface area contributed by atoms with Gasteiger partial charge in [-0.05, 0) is 42.7 Å². The van der Waals surface area contributed by atoms with Crippen LogP contribution < -0.4 is 0 Å². The van der Waals surface area contributed by atoms with Gasteiger partial charge < -0.3 is 5.11 Å². The van der Waals surface area contributed by atoms with Crippen LogP contribution in [-0.4, -0.2) is 15.9 Å². The number of aromatic hydroxyl groups is 1. The van der Waals surface area contributed by atoms with Crippen molar-refractivity contribution in [1.29, 1.82) is 0 Å². The average Bonchev–Trinajstić information content (AvgIpc) is 3.36. The number of aromatic nitrogens is 1. The van der Waals surface area contributed by atoms with Crippen molar-refractivity contribution in [3.8, 4) is 5.75 Å². The Balaban J connectivity index is 1.74. The van der Waals surface area contributed by atoms with Crippen LogP contribution in [0.15, 0.2) is 60.8 Å². The van der Waals surface area contributed by atoms with E-state index in [9.17, 15) is 9.90 Å². The van der Waals surface area contributed by atoms with Gasteiger partial charge in [0.25, 0.3) is 0 Å². The maximum Gasteiger partial charge on any atom is 0.174 e. The van der Waals surface area contributed by atoms with Crippen molar-refractivity contribution in [2.24, 2.45) is 0 Å². The summed E-state index contributed by atoms with van der Waals surface area (Å²) in [6, 6.07) is 16.7. The average molecular weight is 289 g/mol. The van der Waals surface area contributed by atoms with Gasteiger partial charge in [-0.2, -0.15) is 0 Å². The second-order valence-corrected chi connectivity index (χ2v) is 5.87. The number of benzene rings is 2. The van der Waals surface area contributed by atoms with E-state index in [1.54, 1.807) is 18.3 Å². The van der Waals surface area contributed by atoms with Gasteiger partial charge in [-0.15, -0.1) is 0 Å². The Morgan fingerprint density at radius 1 is 1.05 bits per heavy atom. The zero-order valence-electron chi connectivity index (χ0n) is 12.0. The molecule has 1 fully saturated rings. The molecule has 0 bridgehead atoms. The molecule has 3 aromatic rings. The lowest BCUT2D eigenvalue weighted by Gasteiger charge is -2.15. The highest BCUT2D eigenvalue weighted by Crippen LogP contribution is 2.50. The summed E-state index contributed by atoms with van der Waals surface area (Å²) in [6.07, 6.45) is 3.37. The Kier molecular flexibility index (Phi) is 2.76. The van der Waals surface area contributed by atoms with Crippen LogP contribution in [0, 0.1) is 0 Å². The molecule has 0 amide bonds. The summed E-state index contributed by atoms with van der Waals surface area (Å²) in [4.78, 5) is 17.3. The number of nitrogens with zero attached hydrogens (tertiary/aromatic N) is 1. The SMILES string of the molecule is O=C(c1cnc2ccccc2c1)C1(c2ccc(O)cc2)CC1. The molecule has 4 rings (SSSR count). The molecule has 1 aromatic heterocycles. The summed E-state index contributed by atoms with van der Waals surface area (Å²) < 4.78 is 0. The monoisotopic (exact) mass is 289 g/mol. The highest BCUT2D eigenvalue weighted by atomic mass is 16.3. The lowest BCUT2D eigenvalue weighted by Crippen LogP contribution is -2.20. The van der Waals surface area contributed by atoms with Crippen molar-refractivity contribution in [2.75, 3.05) is 0 Å². The Morgan fingerprint density at radius 3 is 2.50 bits per heavy atom. The van der Waals surface area contributed by atoms with E-state index in [0.717, 1.165) is 29.3 Å². The fraction of sp³-hybridized carbons (Fsp3) is 0.158. The molecule has 0 saturated heterocycles. The second-order valence-electron chi connectivity index (χ2n) is 5.87. The van der Waals surface area contributed by atoms with Crippen molar-refractivity contribution < 1.29 is 9.90 Å². The molecule has 108 valence electrons. The Morgan fingerprint density at radius 2 is 1.77 bits per heavy atom. The highest BCUT2D eigenvalue weighted by Gasteiger charge is 2.51. The number of ketones is 1. The number of carbonyl (C=O) groups excluding carboxylic acids is 1. The van der Waals surface area contributed by atoms with Crippen LogP contribution >= 0.6 is 0 Å². The molecule has 1 saturated carbocycles. The van der Waals surface area contributed by atoms with Crippen LogP contribution in [0.2, 0.25) is 0 Å². The van der Waals surface area contributed by atoms with Crippen molar-refractivity contribution >= 4 is 16.7 Å². The maximum absolute atomic E-state index is 13.0. The third-order valence-electron chi connectivity index (χ3n) is 4.46. The largest absolute Gasteiger partial charge is 0.508 e. The second kappa shape index (κ2) is 4.67. The molecule has 0 aliphatic heterocycles. The zero-order valence-corrected chi connectivity index (χ0v) is 12.0. The van der Waals surface area contributed by atoms with Crippen LogP contribution in [0.3, 0.4) is 0 Å². The van der Waals surface area contributed by atoms with Gasteiger partial charge in [0.1, 0.15) is 5.75 Å². The zero-order chi connectivity index (χ0) is 15.2. The Hall–Kier alpha value is -2.68. The number of para-hydroxylation sites is 1. The predicted molar refractivity (Wildman–Crippen MR) is 85.1 cm³/mol. The third-order valence-corrected chi connectivity index (χ3v) is 4.46. The standard InChI is InChI=1S/C19H15NO2/c21-16-7-5-15(6-8-16)19(9-10-19)18(22)14-11-13-3-1-2-4-17(13)20-12-14/h1-8,11-12,21H,9-10H2. The number of phenols is 1. The molecule has 1 N–H and O–H groups in total. The van der Waals surface area contributed by atoms with Crippen LogP contribution in [0.4, 0.5) is 0 Å². The van der Waals surface area contributed by atoms with E-state index >= 15 is 0 Å². The number of rotatable bonds is 3. The van der Waals surface area contributed by atoms with E-state index in [1.165, 1.54) is 0 Å². The molecule has 3 heteroatoms. The topological polar surface area (TPSA) is 50.2 Å². The van der Waals surface area contributed by atoms with E-state index < -0.39 is 5.41 Å². The van der Waals surface area contributed by atoms with E-state index in [4.69, 9.17) is 0 Å². The number of hydrogen-bond acceptors (Lipinski definition) is 3. The van der Waals surface area contributed by atoms with E-state index in [0.29, 0.717) is 5.56 Å². The number of Topliss-reactive ketones (excluding diaryl/α,β-unsaturated/α-hetero) is 1. The van der Waals surface area contributed by atoms with Gasteiger partial charge >= 0.3 is 0 Å². The highest BCUT2D eigenvalue weighted by molar-refractivity contribution is 6.07. The summed E-state index contributed by atoms with van der Waals surface area (Å²) >= 11 is 0. The molecular weight excluding hydrogens is 274 g/mol. The van der Waals surface area contributed by atoms with Gasteiger partial charge in [0.2, 0.25) is 0 Å². The quantitative estimate of drug-likeness (QED) is 0.745. The summed E-state index contributed by atoms with van der Waals surface area (Å²) in [7, 11) is 0. The van der Waals surface area contributed by atoms with Crippen LogP contribution in [0.25, 0.3) is 10.9 Å². The van der Waals surface area contributed by atoms with E-state index in [-0.39, 0.29) is 11.5 Å². The summed E-state index contributed by atoms with van der Waals surface area (Å²) in [5.74, 6) is 0.343. The molecule has 1 aliphatic rings.